The summed E-state index contributed by atoms with van der Waals surface area (Å²) >= 11 is 11.1. The van der Waals surface area contributed by atoms with Gasteiger partial charge < -0.3 is 4.57 Å². The van der Waals surface area contributed by atoms with Gasteiger partial charge in [-0.1, -0.05) is 0 Å². The number of nitrogens with zero attached hydrogens (tertiary/aromatic N) is 4. The first-order valence-corrected chi connectivity index (χ1v) is 6.07. The van der Waals surface area contributed by atoms with E-state index < -0.39 is 11.2 Å². The second kappa shape index (κ2) is 2.54. The van der Waals surface area contributed by atoms with Crippen molar-refractivity contribution >= 4 is 35.0 Å². The summed E-state index contributed by atoms with van der Waals surface area (Å²) in [5.41, 5.74) is -0.0810. The van der Waals surface area contributed by atoms with Crippen LogP contribution in [0.3, 0.4) is 0 Å². The molecule has 4 rings (SSSR count). The predicted molar refractivity (Wildman–Crippen MR) is 63.4 cm³/mol. The molecule has 2 aliphatic rings. The summed E-state index contributed by atoms with van der Waals surface area (Å²) in [4.78, 5) is 8.12. The van der Waals surface area contributed by atoms with Crippen LogP contribution in [0, 0.1) is 4.77 Å². The summed E-state index contributed by atoms with van der Waals surface area (Å²) in [6, 6.07) is 0. The predicted octanol–water partition coefficient (Wildman–Crippen LogP) is 2.36. The Balaban J connectivity index is 2.12. The minimum absolute atomic E-state index is 0.161. The Morgan fingerprint density at radius 2 is 2.18 bits per heavy atom. The highest BCUT2D eigenvalue weighted by atomic mass is 35.5. The van der Waals surface area contributed by atoms with E-state index in [-0.39, 0.29) is 5.28 Å². The molecule has 0 amide bonds. The number of hydrogen-bond donors (Lipinski definition) is 0. The molecule has 0 aromatic carbocycles. The van der Waals surface area contributed by atoms with Gasteiger partial charge in [0.1, 0.15) is 11.2 Å². The summed E-state index contributed by atoms with van der Waals surface area (Å²) in [5, 5.41) is 0.161. The Morgan fingerprint density at radius 1 is 1.53 bits per heavy atom. The minimum atomic E-state index is -1.06. The highest BCUT2D eigenvalue weighted by Gasteiger charge is 2.87. The first-order valence-electron chi connectivity index (χ1n) is 5.28. The molecule has 88 valence electrons. The molecule has 2 fully saturated rings. The van der Waals surface area contributed by atoms with Crippen LogP contribution in [0.2, 0.25) is 5.28 Å². The lowest BCUT2D eigenvalue weighted by Crippen LogP contribution is -2.08. The van der Waals surface area contributed by atoms with Crippen molar-refractivity contribution in [2.45, 2.75) is 24.0 Å². The molecular formula is C10H8ClFN4S. The van der Waals surface area contributed by atoms with Gasteiger partial charge in [-0.25, -0.2) is 9.37 Å². The van der Waals surface area contributed by atoms with Gasteiger partial charge in [0.25, 0.3) is 0 Å². The van der Waals surface area contributed by atoms with Crippen LogP contribution in [-0.2, 0) is 12.6 Å². The van der Waals surface area contributed by atoms with Gasteiger partial charge in [-0.05, 0) is 23.8 Å². The molecule has 7 heteroatoms. The number of rotatable bonds is 1. The van der Waals surface area contributed by atoms with E-state index in [1.165, 1.54) is 0 Å². The van der Waals surface area contributed by atoms with Crippen LogP contribution in [0.4, 0.5) is 4.39 Å². The second-order valence-electron chi connectivity index (χ2n) is 4.88. The van der Waals surface area contributed by atoms with Crippen LogP contribution in [-0.4, -0.2) is 24.8 Å². The first kappa shape index (κ1) is 9.96. The van der Waals surface area contributed by atoms with Gasteiger partial charge >= 0.3 is 0 Å². The van der Waals surface area contributed by atoms with Crippen LogP contribution in [0.15, 0.2) is 6.20 Å². The van der Waals surface area contributed by atoms with Crippen LogP contribution in [0.25, 0.3) is 11.2 Å². The quantitative estimate of drug-likeness (QED) is 0.590. The van der Waals surface area contributed by atoms with Crippen molar-refractivity contribution in [2.24, 2.45) is 7.05 Å². The van der Waals surface area contributed by atoms with Crippen molar-refractivity contribution < 1.29 is 4.39 Å². The van der Waals surface area contributed by atoms with Crippen molar-refractivity contribution in [3.8, 4) is 0 Å². The van der Waals surface area contributed by atoms with E-state index in [4.69, 9.17) is 23.8 Å². The molecule has 17 heavy (non-hydrogen) atoms. The summed E-state index contributed by atoms with van der Waals surface area (Å²) in [7, 11) is 1.83. The van der Waals surface area contributed by atoms with E-state index in [0.29, 0.717) is 23.3 Å². The summed E-state index contributed by atoms with van der Waals surface area (Å²) in [5.74, 6) is 0. The molecule has 0 N–H and O–H groups in total. The second-order valence-corrected chi connectivity index (χ2v) is 5.58. The standard InChI is InChI=1S/C10H8ClFN4S/c1-15-5-2-13-7(11)14-6(5)16(8(15)17)10-3-9(10,12)4-10/h2H,3-4H2,1H3. The maximum absolute atomic E-state index is 13.9. The Morgan fingerprint density at radius 3 is 2.76 bits per heavy atom. The van der Waals surface area contributed by atoms with Crippen molar-refractivity contribution in [2.75, 3.05) is 0 Å². The minimum Gasteiger partial charge on any atom is -0.317 e. The number of alkyl halides is 1. The van der Waals surface area contributed by atoms with E-state index in [2.05, 4.69) is 9.97 Å². The molecule has 2 aromatic heterocycles. The molecule has 2 saturated carbocycles. The summed E-state index contributed by atoms with van der Waals surface area (Å²) in [6.07, 6.45) is 2.70. The number of aryl methyl sites for hydroxylation is 1. The Kier molecular flexibility index (Phi) is 1.49. The van der Waals surface area contributed by atoms with Crippen LogP contribution in [0.1, 0.15) is 12.8 Å². The van der Waals surface area contributed by atoms with E-state index in [1.807, 2.05) is 11.6 Å². The number of fused-ring (bicyclic) bond motifs is 2. The fraction of sp³-hybridized carbons (Fsp3) is 0.500. The van der Waals surface area contributed by atoms with E-state index in [0.717, 1.165) is 5.52 Å². The van der Waals surface area contributed by atoms with Crippen molar-refractivity contribution in [3.05, 3.63) is 16.3 Å². The first-order chi connectivity index (χ1) is 7.98. The maximum Gasteiger partial charge on any atom is 0.224 e. The van der Waals surface area contributed by atoms with Crippen molar-refractivity contribution in [3.63, 3.8) is 0 Å². The van der Waals surface area contributed by atoms with Gasteiger partial charge in [-0.15, -0.1) is 0 Å². The third-order valence-electron chi connectivity index (χ3n) is 3.93. The number of imidazole rings is 1. The van der Waals surface area contributed by atoms with Gasteiger partial charge in [0.2, 0.25) is 5.28 Å². The van der Waals surface area contributed by atoms with Crippen molar-refractivity contribution in [1.29, 1.82) is 0 Å². The average molecular weight is 271 g/mol. The van der Waals surface area contributed by atoms with Crippen LogP contribution >= 0.6 is 23.8 Å². The van der Waals surface area contributed by atoms with Gasteiger partial charge in [-0.2, -0.15) is 4.98 Å². The van der Waals surface area contributed by atoms with Gasteiger partial charge in [0.05, 0.1) is 11.7 Å². The highest BCUT2D eigenvalue weighted by molar-refractivity contribution is 7.71. The number of aromatic nitrogens is 4. The third-order valence-corrected chi connectivity index (χ3v) is 4.57. The molecule has 0 aliphatic heterocycles. The Labute approximate surface area is 106 Å². The largest absolute Gasteiger partial charge is 0.317 e. The molecule has 0 spiro atoms. The molecule has 0 unspecified atom stereocenters. The zero-order valence-corrected chi connectivity index (χ0v) is 10.5. The molecule has 2 aliphatic carbocycles. The zero-order valence-electron chi connectivity index (χ0n) is 8.94. The van der Waals surface area contributed by atoms with Gasteiger partial charge in [-0.3, -0.25) is 4.57 Å². The Bertz CT molecular complexity index is 728. The molecule has 4 nitrogen and oxygen atoms in total. The van der Waals surface area contributed by atoms with Crippen LogP contribution in [0.5, 0.6) is 0 Å². The number of hydrogen-bond acceptors (Lipinski definition) is 3. The van der Waals surface area contributed by atoms with E-state index >= 15 is 0 Å². The van der Waals surface area contributed by atoms with Gasteiger partial charge in [0, 0.05) is 19.9 Å². The monoisotopic (exact) mass is 270 g/mol. The topological polar surface area (TPSA) is 35.6 Å². The molecule has 2 aromatic rings. The molecule has 2 heterocycles. The van der Waals surface area contributed by atoms with Crippen LogP contribution < -0.4 is 0 Å². The van der Waals surface area contributed by atoms with Crippen molar-refractivity contribution in [1.82, 2.24) is 19.1 Å². The number of halogens is 2. The average Bonchev–Trinajstić information content (AvgIpc) is 2.98. The zero-order chi connectivity index (χ0) is 12.0. The third kappa shape index (κ3) is 0.973. The smallest absolute Gasteiger partial charge is 0.224 e. The van der Waals surface area contributed by atoms with E-state index in [1.54, 1.807) is 10.8 Å². The highest BCUT2D eigenvalue weighted by Crippen LogP contribution is 2.79. The normalized spacial score (nSPS) is 33.8. The fourth-order valence-electron chi connectivity index (χ4n) is 2.62. The fourth-order valence-corrected chi connectivity index (χ4v) is 3.11. The summed E-state index contributed by atoms with van der Waals surface area (Å²) < 4.78 is 18.1. The molecule has 0 atom stereocenters. The lowest BCUT2D eigenvalue weighted by molar-refractivity contribution is 0.390. The summed E-state index contributed by atoms with van der Waals surface area (Å²) in [6.45, 7) is 0. The molecular weight excluding hydrogens is 263 g/mol. The lowest BCUT2D eigenvalue weighted by Gasteiger charge is -2.04. The van der Waals surface area contributed by atoms with Gasteiger partial charge in [0.15, 0.2) is 10.4 Å². The Hall–Kier alpha value is -1.01. The maximum atomic E-state index is 13.9. The lowest BCUT2D eigenvalue weighted by atomic mass is 10.3. The SMILES string of the molecule is Cn1c(=S)n(C23CC2(F)C3)c2nc(Cl)ncc21. The molecule has 0 saturated heterocycles. The molecule has 0 bridgehead atoms. The molecule has 0 radical (unpaired) electrons. The van der Waals surface area contributed by atoms with E-state index in [9.17, 15) is 4.39 Å².